The van der Waals surface area contributed by atoms with Crippen LogP contribution in [0.15, 0.2) is 48.3 Å². The van der Waals surface area contributed by atoms with E-state index in [-0.39, 0.29) is 11.3 Å². The van der Waals surface area contributed by atoms with Crippen molar-refractivity contribution in [1.82, 2.24) is 14.8 Å². The van der Waals surface area contributed by atoms with Crippen molar-refractivity contribution >= 4 is 17.4 Å². The van der Waals surface area contributed by atoms with Crippen molar-refractivity contribution in [2.75, 3.05) is 27.2 Å². The molecule has 1 amide bonds. The molecule has 1 atom stereocenters. The zero-order chi connectivity index (χ0) is 21.1. The Morgan fingerprint density at radius 1 is 1.17 bits per heavy atom. The highest BCUT2D eigenvalue weighted by Crippen LogP contribution is 2.39. The number of Topliss-reactive ketones (excluding diaryl/α,β-unsaturated/α-hetero) is 1. The van der Waals surface area contributed by atoms with E-state index >= 15 is 0 Å². The van der Waals surface area contributed by atoms with Crippen molar-refractivity contribution < 1.29 is 14.7 Å². The third-order valence-corrected chi connectivity index (χ3v) is 5.32. The molecule has 1 aromatic carbocycles. The molecule has 1 aliphatic rings. The maximum Gasteiger partial charge on any atom is 0.295 e. The largest absolute Gasteiger partial charge is 0.507 e. The predicted molar refractivity (Wildman–Crippen MR) is 112 cm³/mol. The second-order valence-electron chi connectivity index (χ2n) is 7.73. The Bertz CT molecular complexity index is 951. The molecular formula is C23H27N3O3. The summed E-state index contributed by atoms with van der Waals surface area (Å²) in [5.41, 5.74) is 3.47. The van der Waals surface area contributed by atoms with E-state index in [9.17, 15) is 14.7 Å². The molecule has 1 aliphatic heterocycles. The van der Waals surface area contributed by atoms with Crippen molar-refractivity contribution in [2.24, 2.45) is 0 Å². The molecule has 2 aromatic rings. The smallest absolute Gasteiger partial charge is 0.295 e. The highest BCUT2D eigenvalue weighted by molar-refractivity contribution is 6.46. The van der Waals surface area contributed by atoms with Gasteiger partial charge in [0.25, 0.3) is 11.7 Å². The minimum atomic E-state index is -0.653. The highest BCUT2D eigenvalue weighted by atomic mass is 16.3. The Morgan fingerprint density at radius 2 is 1.93 bits per heavy atom. The number of rotatable bonds is 6. The van der Waals surface area contributed by atoms with E-state index in [2.05, 4.69) is 4.98 Å². The summed E-state index contributed by atoms with van der Waals surface area (Å²) in [4.78, 5) is 33.5. The first kappa shape index (κ1) is 20.7. The Balaban J connectivity index is 2.09. The SMILES string of the molecule is Cc1ccc(/C(O)=C2/C(=O)C(=O)N(CCCN(C)C)C2c2cccnc2)cc1C. The van der Waals surface area contributed by atoms with Gasteiger partial charge in [0.05, 0.1) is 11.6 Å². The van der Waals surface area contributed by atoms with E-state index in [1.54, 1.807) is 29.4 Å². The summed E-state index contributed by atoms with van der Waals surface area (Å²) in [5.74, 6) is -1.38. The average Bonchev–Trinajstić information content (AvgIpc) is 2.95. The number of pyridine rings is 1. The van der Waals surface area contributed by atoms with Crippen molar-refractivity contribution in [3.63, 3.8) is 0 Å². The topological polar surface area (TPSA) is 73.7 Å². The molecule has 6 nitrogen and oxygen atoms in total. The predicted octanol–water partition coefficient (Wildman–Crippen LogP) is 3.07. The van der Waals surface area contributed by atoms with Gasteiger partial charge in [-0.15, -0.1) is 0 Å². The number of aryl methyl sites for hydroxylation is 2. The van der Waals surface area contributed by atoms with E-state index in [1.807, 2.05) is 51.0 Å². The van der Waals surface area contributed by atoms with Gasteiger partial charge in [-0.2, -0.15) is 0 Å². The van der Waals surface area contributed by atoms with E-state index in [0.29, 0.717) is 17.7 Å². The van der Waals surface area contributed by atoms with E-state index < -0.39 is 17.7 Å². The van der Waals surface area contributed by atoms with Crippen molar-refractivity contribution in [3.8, 4) is 0 Å². The van der Waals surface area contributed by atoms with Crippen LogP contribution < -0.4 is 0 Å². The second-order valence-corrected chi connectivity index (χ2v) is 7.73. The molecule has 1 unspecified atom stereocenters. The van der Waals surface area contributed by atoms with Crippen LogP contribution in [-0.4, -0.2) is 58.8 Å². The van der Waals surface area contributed by atoms with Crippen LogP contribution in [0.2, 0.25) is 0 Å². The summed E-state index contributed by atoms with van der Waals surface area (Å²) in [6, 6.07) is 8.47. The summed E-state index contributed by atoms with van der Waals surface area (Å²) < 4.78 is 0. The maximum atomic E-state index is 12.9. The first-order chi connectivity index (χ1) is 13.8. The lowest BCUT2D eigenvalue weighted by Gasteiger charge is -2.25. The first-order valence-electron chi connectivity index (χ1n) is 9.72. The molecule has 0 radical (unpaired) electrons. The first-order valence-corrected chi connectivity index (χ1v) is 9.72. The number of hydrogen-bond acceptors (Lipinski definition) is 5. The van der Waals surface area contributed by atoms with Gasteiger partial charge in [-0.1, -0.05) is 18.2 Å². The van der Waals surface area contributed by atoms with Gasteiger partial charge < -0.3 is 14.9 Å². The van der Waals surface area contributed by atoms with Gasteiger partial charge in [-0.3, -0.25) is 14.6 Å². The molecule has 29 heavy (non-hydrogen) atoms. The number of carbonyl (C=O) groups is 2. The molecule has 0 spiro atoms. The molecule has 2 heterocycles. The van der Waals surface area contributed by atoms with Crippen molar-refractivity contribution in [1.29, 1.82) is 0 Å². The quantitative estimate of drug-likeness (QED) is 0.464. The van der Waals surface area contributed by atoms with Crippen molar-refractivity contribution in [2.45, 2.75) is 26.3 Å². The summed E-state index contributed by atoms with van der Waals surface area (Å²) in [7, 11) is 3.93. The lowest BCUT2D eigenvalue weighted by molar-refractivity contribution is -0.139. The minimum Gasteiger partial charge on any atom is -0.507 e. The Labute approximate surface area is 171 Å². The van der Waals surface area contributed by atoms with Gasteiger partial charge in [-0.25, -0.2) is 0 Å². The minimum absolute atomic E-state index is 0.121. The van der Waals surface area contributed by atoms with Crippen LogP contribution in [0.5, 0.6) is 0 Å². The third kappa shape index (κ3) is 4.22. The fraction of sp³-hybridized carbons (Fsp3) is 0.348. The number of aromatic nitrogens is 1. The van der Waals surface area contributed by atoms with Crippen molar-refractivity contribution in [3.05, 3.63) is 70.6 Å². The molecule has 1 saturated heterocycles. The zero-order valence-electron chi connectivity index (χ0n) is 17.3. The fourth-order valence-corrected chi connectivity index (χ4v) is 3.60. The number of hydrogen-bond donors (Lipinski definition) is 1. The van der Waals surface area contributed by atoms with Crippen LogP contribution in [0.4, 0.5) is 0 Å². The molecular weight excluding hydrogens is 366 g/mol. The van der Waals surface area contributed by atoms with Crippen LogP contribution in [0.3, 0.4) is 0 Å². The third-order valence-electron chi connectivity index (χ3n) is 5.32. The molecule has 0 aliphatic carbocycles. The van der Waals surface area contributed by atoms with Crippen LogP contribution in [0, 0.1) is 13.8 Å². The summed E-state index contributed by atoms with van der Waals surface area (Å²) in [6.45, 7) is 5.15. The van der Waals surface area contributed by atoms with Crippen LogP contribution in [-0.2, 0) is 9.59 Å². The fourth-order valence-electron chi connectivity index (χ4n) is 3.60. The van der Waals surface area contributed by atoms with E-state index in [0.717, 1.165) is 24.1 Å². The standard InChI is InChI=1S/C23H27N3O3/c1-15-8-9-17(13-16(15)2)21(27)19-20(18-7-5-10-24-14-18)26(23(29)22(19)28)12-6-11-25(3)4/h5,7-10,13-14,20,27H,6,11-12H2,1-4H3/b21-19-. The molecule has 152 valence electrons. The maximum absolute atomic E-state index is 12.9. The summed E-state index contributed by atoms with van der Waals surface area (Å²) in [5, 5.41) is 11.0. The number of aliphatic hydroxyl groups excluding tert-OH is 1. The van der Waals surface area contributed by atoms with Gasteiger partial charge >= 0.3 is 0 Å². The van der Waals surface area contributed by atoms with Gasteiger partial charge in [0.1, 0.15) is 5.76 Å². The molecule has 0 saturated carbocycles. The number of carbonyl (C=O) groups excluding carboxylic acids is 2. The van der Waals surface area contributed by atoms with Crippen LogP contribution in [0.25, 0.3) is 5.76 Å². The van der Waals surface area contributed by atoms with Gasteiger partial charge in [0.15, 0.2) is 0 Å². The van der Waals surface area contributed by atoms with Gasteiger partial charge in [-0.05, 0) is 69.7 Å². The number of ketones is 1. The highest BCUT2D eigenvalue weighted by Gasteiger charge is 2.45. The number of aliphatic hydroxyl groups is 1. The summed E-state index contributed by atoms with van der Waals surface area (Å²) in [6.07, 6.45) is 4.01. The van der Waals surface area contributed by atoms with Crippen LogP contribution in [0.1, 0.15) is 34.7 Å². The van der Waals surface area contributed by atoms with Gasteiger partial charge in [0.2, 0.25) is 0 Å². The molecule has 1 aromatic heterocycles. The number of likely N-dealkylation sites (tertiary alicyclic amines) is 1. The zero-order valence-corrected chi connectivity index (χ0v) is 17.3. The van der Waals surface area contributed by atoms with Gasteiger partial charge in [0, 0.05) is 24.5 Å². The number of nitrogens with zero attached hydrogens (tertiary/aromatic N) is 3. The van der Waals surface area contributed by atoms with Crippen LogP contribution >= 0.6 is 0 Å². The Morgan fingerprint density at radius 3 is 2.55 bits per heavy atom. The molecule has 1 fully saturated rings. The molecule has 6 heteroatoms. The van der Waals surface area contributed by atoms with E-state index in [4.69, 9.17) is 0 Å². The number of amides is 1. The molecule has 3 rings (SSSR count). The lowest BCUT2D eigenvalue weighted by Crippen LogP contribution is -2.32. The number of benzene rings is 1. The Hall–Kier alpha value is -2.99. The normalized spacial score (nSPS) is 18.7. The second kappa shape index (κ2) is 8.57. The van der Waals surface area contributed by atoms with E-state index in [1.165, 1.54) is 0 Å². The molecule has 1 N–H and O–H groups in total. The summed E-state index contributed by atoms with van der Waals surface area (Å²) >= 11 is 0. The average molecular weight is 393 g/mol. The Kier molecular flexibility index (Phi) is 6.13. The lowest BCUT2D eigenvalue weighted by atomic mass is 9.95. The monoisotopic (exact) mass is 393 g/mol. The molecule has 0 bridgehead atoms.